The summed E-state index contributed by atoms with van der Waals surface area (Å²) < 4.78 is 0. The third kappa shape index (κ3) is 2.44. The molecule has 0 bridgehead atoms. The van der Waals surface area contributed by atoms with Crippen LogP contribution in [0.15, 0.2) is 0 Å². The quantitative estimate of drug-likeness (QED) is 0.807. The molecule has 0 aliphatic heterocycles. The molecule has 1 unspecified atom stereocenters. The molecule has 2 nitrogen and oxygen atoms in total. The van der Waals surface area contributed by atoms with Crippen molar-refractivity contribution in [1.29, 1.82) is 0 Å². The Morgan fingerprint density at radius 2 is 2.15 bits per heavy atom. The summed E-state index contributed by atoms with van der Waals surface area (Å²) in [6.45, 7) is 6.51. The van der Waals surface area contributed by atoms with Gasteiger partial charge in [-0.3, -0.25) is 0 Å². The van der Waals surface area contributed by atoms with Crippen LogP contribution in [0.4, 0.5) is 5.00 Å². The smallest absolute Gasteiger partial charge is 0.110 e. The zero-order chi connectivity index (χ0) is 9.84. The Morgan fingerprint density at radius 1 is 1.46 bits per heavy atom. The first-order valence-electron chi connectivity index (χ1n) is 4.94. The average molecular weight is 198 g/mol. The molecule has 3 heteroatoms. The number of aromatic nitrogens is 1. The molecule has 13 heavy (non-hydrogen) atoms. The molecule has 0 aliphatic carbocycles. The number of nitrogens with zero attached hydrogens (tertiary/aromatic N) is 1. The number of nitrogen functional groups attached to an aromatic ring is 1. The van der Waals surface area contributed by atoms with Gasteiger partial charge in [-0.05, 0) is 12.8 Å². The topological polar surface area (TPSA) is 38.9 Å². The highest BCUT2D eigenvalue weighted by molar-refractivity contribution is 7.15. The van der Waals surface area contributed by atoms with E-state index in [0.717, 1.165) is 22.1 Å². The minimum Gasteiger partial charge on any atom is -0.389 e. The van der Waals surface area contributed by atoms with Crippen LogP contribution in [-0.2, 0) is 6.42 Å². The van der Waals surface area contributed by atoms with Crippen molar-refractivity contribution in [3.8, 4) is 0 Å². The summed E-state index contributed by atoms with van der Waals surface area (Å²) in [5, 5.41) is 2.08. The van der Waals surface area contributed by atoms with Gasteiger partial charge >= 0.3 is 0 Å². The van der Waals surface area contributed by atoms with Crippen LogP contribution in [-0.4, -0.2) is 4.98 Å². The van der Waals surface area contributed by atoms with Gasteiger partial charge in [0.1, 0.15) is 5.00 Å². The molecule has 0 fully saturated rings. The number of aryl methyl sites for hydroxylation is 1. The van der Waals surface area contributed by atoms with Crippen molar-refractivity contribution in [2.24, 2.45) is 0 Å². The summed E-state index contributed by atoms with van der Waals surface area (Å²) in [4.78, 5) is 4.54. The predicted octanol–water partition coefficient (Wildman–Crippen LogP) is 3.19. The van der Waals surface area contributed by atoms with Crippen LogP contribution >= 0.6 is 11.3 Å². The maximum atomic E-state index is 5.90. The third-order valence-corrected chi connectivity index (χ3v) is 3.26. The second kappa shape index (κ2) is 4.61. The first-order chi connectivity index (χ1) is 6.19. The Bertz CT molecular complexity index is 268. The number of thiazole rings is 1. The highest BCUT2D eigenvalue weighted by Gasteiger charge is 2.13. The Labute approximate surface area is 84.2 Å². The van der Waals surface area contributed by atoms with Crippen molar-refractivity contribution < 1.29 is 0 Å². The normalized spacial score (nSPS) is 13.2. The van der Waals surface area contributed by atoms with Crippen LogP contribution in [0.1, 0.15) is 50.2 Å². The fourth-order valence-corrected chi connectivity index (χ4v) is 2.36. The van der Waals surface area contributed by atoms with Crippen LogP contribution < -0.4 is 5.73 Å². The van der Waals surface area contributed by atoms with E-state index >= 15 is 0 Å². The predicted molar refractivity (Wildman–Crippen MR) is 59.2 cm³/mol. The van der Waals surface area contributed by atoms with Gasteiger partial charge in [-0.2, -0.15) is 0 Å². The lowest BCUT2D eigenvalue weighted by Crippen LogP contribution is -1.97. The Morgan fingerprint density at radius 3 is 2.62 bits per heavy atom. The van der Waals surface area contributed by atoms with Crippen LogP contribution in [0, 0.1) is 0 Å². The minimum atomic E-state index is 0.515. The van der Waals surface area contributed by atoms with Gasteiger partial charge in [0, 0.05) is 5.92 Å². The molecule has 0 aliphatic rings. The monoisotopic (exact) mass is 198 g/mol. The third-order valence-electron chi connectivity index (χ3n) is 2.22. The molecule has 0 aromatic carbocycles. The van der Waals surface area contributed by atoms with Crippen molar-refractivity contribution in [2.75, 3.05) is 5.73 Å². The molecule has 0 spiro atoms. The molecular formula is C10H18N2S. The zero-order valence-corrected chi connectivity index (χ0v) is 9.45. The molecule has 1 aromatic rings. The fourth-order valence-electron chi connectivity index (χ4n) is 1.47. The Hall–Kier alpha value is -0.570. The van der Waals surface area contributed by atoms with E-state index < -0.39 is 0 Å². The van der Waals surface area contributed by atoms with E-state index in [1.807, 2.05) is 0 Å². The molecule has 0 radical (unpaired) electrons. The van der Waals surface area contributed by atoms with Gasteiger partial charge in [-0.1, -0.05) is 27.2 Å². The highest BCUT2D eigenvalue weighted by Crippen LogP contribution is 2.30. The second-order valence-corrected chi connectivity index (χ2v) is 4.52. The fraction of sp³-hybridized carbons (Fsp3) is 0.700. The lowest BCUT2D eigenvalue weighted by molar-refractivity contribution is 0.651. The molecule has 0 saturated heterocycles. The molecule has 74 valence electrons. The number of hydrogen-bond acceptors (Lipinski definition) is 3. The molecule has 1 rings (SSSR count). The lowest BCUT2D eigenvalue weighted by Gasteiger charge is -2.06. The van der Waals surface area contributed by atoms with Crippen LogP contribution in [0.2, 0.25) is 0 Å². The first-order valence-corrected chi connectivity index (χ1v) is 5.75. The van der Waals surface area contributed by atoms with E-state index in [0.29, 0.717) is 5.92 Å². The van der Waals surface area contributed by atoms with E-state index in [9.17, 15) is 0 Å². The second-order valence-electron chi connectivity index (χ2n) is 3.40. The van der Waals surface area contributed by atoms with Crippen molar-refractivity contribution >= 4 is 16.3 Å². The van der Waals surface area contributed by atoms with Gasteiger partial charge in [0.25, 0.3) is 0 Å². The lowest BCUT2D eigenvalue weighted by atomic mass is 10.0. The van der Waals surface area contributed by atoms with Gasteiger partial charge in [0.05, 0.1) is 10.7 Å². The van der Waals surface area contributed by atoms with Crippen molar-refractivity contribution in [2.45, 2.75) is 46.0 Å². The summed E-state index contributed by atoms with van der Waals surface area (Å²) in [5.74, 6) is 0.515. The SMILES string of the molecule is CCCC(C)c1nc(CC)sc1N. The van der Waals surface area contributed by atoms with E-state index in [1.54, 1.807) is 11.3 Å². The standard InChI is InChI=1S/C10H18N2S/c1-4-6-7(3)9-10(11)13-8(5-2)12-9/h7H,4-6,11H2,1-3H3. The van der Waals surface area contributed by atoms with Gasteiger partial charge in [0.15, 0.2) is 0 Å². The molecule has 0 saturated carbocycles. The van der Waals surface area contributed by atoms with E-state index in [-0.39, 0.29) is 0 Å². The first kappa shape index (κ1) is 10.5. The number of hydrogen-bond donors (Lipinski definition) is 1. The van der Waals surface area contributed by atoms with Crippen LogP contribution in [0.3, 0.4) is 0 Å². The van der Waals surface area contributed by atoms with Gasteiger partial charge < -0.3 is 5.73 Å². The number of nitrogens with two attached hydrogens (primary N) is 1. The maximum Gasteiger partial charge on any atom is 0.110 e. The Kier molecular flexibility index (Phi) is 3.72. The van der Waals surface area contributed by atoms with Gasteiger partial charge in [0.2, 0.25) is 0 Å². The summed E-state index contributed by atoms with van der Waals surface area (Å²) in [6.07, 6.45) is 3.37. The van der Waals surface area contributed by atoms with Crippen molar-refractivity contribution in [1.82, 2.24) is 4.98 Å². The van der Waals surface area contributed by atoms with Crippen LogP contribution in [0.25, 0.3) is 0 Å². The van der Waals surface area contributed by atoms with E-state index in [4.69, 9.17) is 5.73 Å². The Balaban J connectivity index is 2.80. The average Bonchev–Trinajstić information content (AvgIpc) is 2.47. The van der Waals surface area contributed by atoms with Crippen molar-refractivity contribution in [3.05, 3.63) is 10.7 Å². The van der Waals surface area contributed by atoms with Crippen molar-refractivity contribution in [3.63, 3.8) is 0 Å². The van der Waals surface area contributed by atoms with Crippen LogP contribution in [0.5, 0.6) is 0 Å². The molecule has 1 heterocycles. The summed E-state index contributed by atoms with van der Waals surface area (Å²) in [6, 6.07) is 0. The number of rotatable bonds is 4. The number of anilines is 1. The van der Waals surface area contributed by atoms with E-state index in [1.165, 1.54) is 12.8 Å². The van der Waals surface area contributed by atoms with Gasteiger partial charge in [-0.25, -0.2) is 4.98 Å². The molecule has 2 N–H and O–H groups in total. The summed E-state index contributed by atoms with van der Waals surface area (Å²) >= 11 is 1.64. The van der Waals surface area contributed by atoms with Gasteiger partial charge in [-0.15, -0.1) is 11.3 Å². The maximum absolute atomic E-state index is 5.90. The molecule has 1 aromatic heterocycles. The largest absolute Gasteiger partial charge is 0.389 e. The minimum absolute atomic E-state index is 0.515. The molecule has 0 amide bonds. The zero-order valence-electron chi connectivity index (χ0n) is 8.63. The highest BCUT2D eigenvalue weighted by atomic mass is 32.1. The summed E-state index contributed by atoms with van der Waals surface area (Å²) in [5.41, 5.74) is 7.02. The van der Waals surface area contributed by atoms with E-state index in [2.05, 4.69) is 25.8 Å². The molecular weight excluding hydrogens is 180 g/mol. The molecule has 1 atom stereocenters. The summed E-state index contributed by atoms with van der Waals surface area (Å²) in [7, 11) is 0.